The topological polar surface area (TPSA) is 40.5 Å². The summed E-state index contributed by atoms with van der Waals surface area (Å²) in [6, 6.07) is 5.88. The number of carboxylic acid groups (broad SMARTS) is 1. The van der Waals surface area contributed by atoms with Crippen LogP contribution in [0, 0.1) is 0 Å². The maximum absolute atomic E-state index is 13.1. The molecule has 1 saturated heterocycles. The van der Waals surface area contributed by atoms with Crippen LogP contribution in [0.3, 0.4) is 0 Å². The van der Waals surface area contributed by atoms with Gasteiger partial charge in [0, 0.05) is 0 Å². The first-order valence-corrected chi connectivity index (χ1v) is 9.00. The van der Waals surface area contributed by atoms with Crippen molar-refractivity contribution in [1.82, 2.24) is 4.90 Å². The Morgan fingerprint density at radius 1 is 1.24 bits per heavy atom. The predicted octanol–water partition coefficient (Wildman–Crippen LogP) is 4.80. The number of benzene rings is 1. The molecule has 3 rings (SSSR count). The van der Waals surface area contributed by atoms with Crippen molar-refractivity contribution in [1.29, 1.82) is 0 Å². The Morgan fingerprint density at radius 3 is 2.68 bits per heavy atom. The van der Waals surface area contributed by atoms with Gasteiger partial charge in [0.1, 0.15) is 6.04 Å². The Kier molecular flexibility index (Phi) is 5.15. The molecule has 1 aliphatic heterocycles. The van der Waals surface area contributed by atoms with Gasteiger partial charge in [-0.2, -0.15) is 24.5 Å². The zero-order valence-corrected chi connectivity index (χ0v) is 14.2. The molecule has 3 nitrogen and oxygen atoms in total. The van der Waals surface area contributed by atoms with Crippen LogP contribution in [0.1, 0.15) is 42.0 Å². The van der Waals surface area contributed by atoms with Crippen LogP contribution in [0.5, 0.6) is 0 Å². The Hall–Kier alpha value is -1.86. The first-order valence-electron chi connectivity index (χ1n) is 8.06. The molecule has 0 spiro atoms. The molecule has 1 N–H and O–H groups in total. The quantitative estimate of drug-likeness (QED) is 0.842. The van der Waals surface area contributed by atoms with Crippen LogP contribution >= 0.6 is 11.3 Å². The number of rotatable bonds is 4. The summed E-state index contributed by atoms with van der Waals surface area (Å²) in [5, 5.41) is 13.3. The summed E-state index contributed by atoms with van der Waals surface area (Å²) in [4.78, 5) is 13.5. The highest BCUT2D eigenvalue weighted by atomic mass is 32.1. The van der Waals surface area contributed by atoms with Crippen LogP contribution in [0.4, 0.5) is 13.2 Å². The SMILES string of the molecule is O=C(O)C1CCCCN1C(c1ccsc1)c1cccc(C(F)(F)F)c1. The molecule has 0 amide bonds. The third-order valence-electron chi connectivity index (χ3n) is 4.55. The number of hydrogen-bond acceptors (Lipinski definition) is 3. The van der Waals surface area contributed by atoms with E-state index >= 15 is 0 Å². The van der Waals surface area contributed by atoms with E-state index in [0.29, 0.717) is 18.5 Å². The number of thiophene rings is 1. The standard InChI is InChI=1S/C18H18F3NO2S/c19-18(20,21)14-5-3-4-12(10-14)16(13-7-9-25-11-13)22-8-2-1-6-15(22)17(23)24/h3-5,7,9-11,15-16H,1-2,6,8H2,(H,23,24). The number of aliphatic carboxylic acids is 1. The van der Waals surface area contributed by atoms with E-state index in [0.717, 1.165) is 30.5 Å². The summed E-state index contributed by atoms with van der Waals surface area (Å²) >= 11 is 1.45. The zero-order chi connectivity index (χ0) is 18.0. The number of likely N-dealkylation sites (tertiary alicyclic amines) is 1. The summed E-state index contributed by atoms with van der Waals surface area (Å²) in [5.41, 5.74) is 0.591. The minimum Gasteiger partial charge on any atom is -0.480 e. The van der Waals surface area contributed by atoms with Gasteiger partial charge in [0.15, 0.2) is 0 Å². The van der Waals surface area contributed by atoms with E-state index in [9.17, 15) is 23.1 Å². The summed E-state index contributed by atoms with van der Waals surface area (Å²) in [6.45, 7) is 0.549. The number of hydrogen-bond donors (Lipinski definition) is 1. The van der Waals surface area contributed by atoms with E-state index in [1.807, 2.05) is 21.7 Å². The van der Waals surface area contributed by atoms with Crippen LogP contribution in [-0.4, -0.2) is 28.6 Å². The van der Waals surface area contributed by atoms with Crippen LogP contribution in [0.15, 0.2) is 41.1 Å². The van der Waals surface area contributed by atoms with Gasteiger partial charge in [-0.1, -0.05) is 18.6 Å². The Bertz CT molecular complexity index is 730. The lowest BCUT2D eigenvalue weighted by molar-refractivity contribution is -0.145. The number of carboxylic acids is 1. The minimum absolute atomic E-state index is 0.473. The first kappa shape index (κ1) is 17.9. The zero-order valence-electron chi connectivity index (χ0n) is 13.4. The summed E-state index contributed by atoms with van der Waals surface area (Å²) in [5.74, 6) is -0.924. The molecule has 1 aromatic carbocycles. The lowest BCUT2D eigenvalue weighted by atomic mass is 9.92. The van der Waals surface area contributed by atoms with Gasteiger partial charge in [-0.3, -0.25) is 9.69 Å². The van der Waals surface area contributed by atoms with Crippen molar-refractivity contribution in [2.45, 2.75) is 37.5 Å². The van der Waals surface area contributed by atoms with E-state index in [-0.39, 0.29) is 0 Å². The highest BCUT2D eigenvalue weighted by Gasteiger charge is 2.37. The molecule has 134 valence electrons. The molecule has 0 bridgehead atoms. The number of alkyl halides is 3. The van der Waals surface area contributed by atoms with Gasteiger partial charge >= 0.3 is 12.1 Å². The number of carbonyl (C=O) groups is 1. The molecule has 0 aliphatic carbocycles. The second-order valence-electron chi connectivity index (χ2n) is 6.17. The molecule has 2 heterocycles. The van der Waals surface area contributed by atoms with E-state index in [1.165, 1.54) is 17.4 Å². The molecule has 7 heteroatoms. The molecule has 2 aromatic rings. The highest BCUT2D eigenvalue weighted by molar-refractivity contribution is 7.08. The Balaban J connectivity index is 2.06. The molecule has 2 atom stereocenters. The van der Waals surface area contributed by atoms with Crippen molar-refractivity contribution in [3.8, 4) is 0 Å². The fourth-order valence-corrected chi connectivity index (χ4v) is 4.10. The average molecular weight is 369 g/mol. The van der Waals surface area contributed by atoms with E-state index in [1.54, 1.807) is 6.07 Å². The van der Waals surface area contributed by atoms with Crippen molar-refractivity contribution < 1.29 is 23.1 Å². The van der Waals surface area contributed by atoms with Crippen molar-refractivity contribution in [2.75, 3.05) is 6.54 Å². The van der Waals surface area contributed by atoms with Gasteiger partial charge in [-0.15, -0.1) is 0 Å². The smallest absolute Gasteiger partial charge is 0.416 e. The van der Waals surface area contributed by atoms with Gasteiger partial charge in [0.2, 0.25) is 0 Å². The molecule has 1 fully saturated rings. The van der Waals surface area contributed by atoms with Crippen molar-refractivity contribution in [2.24, 2.45) is 0 Å². The molecular weight excluding hydrogens is 351 g/mol. The predicted molar refractivity (Wildman–Crippen MR) is 89.6 cm³/mol. The summed E-state index contributed by atoms with van der Waals surface area (Å²) in [6.07, 6.45) is -2.27. The molecule has 25 heavy (non-hydrogen) atoms. The third-order valence-corrected chi connectivity index (χ3v) is 5.25. The van der Waals surface area contributed by atoms with Gasteiger partial charge < -0.3 is 5.11 Å². The molecule has 1 aliphatic rings. The van der Waals surface area contributed by atoms with Crippen LogP contribution in [-0.2, 0) is 11.0 Å². The van der Waals surface area contributed by atoms with E-state index in [4.69, 9.17) is 0 Å². The monoisotopic (exact) mass is 369 g/mol. The molecule has 1 aromatic heterocycles. The Labute approximate surface area is 147 Å². The highest BCUT2D eigenvalue weighted by Crippen LogP contribution is 2.37. The van der Waals surface area contributed by atoms with Gasteiger partial charge in [0.05, 0.1) is 11.6 Å². The fraction of sp³-hybridized carbons (Fsp3) is 0.389. The molecule has 0 saturated carbocycles. The minimum atomic E-state index is -4.43. The third kappa shape index (κ3) is 3.88. The summed E-state index contributed by atoms with van der Waals surface area (Å²) in [7, 11) is 0. The van der Waals surface area contributed by atoms with Crippen LogP contribution in [0.2, 0.25) is 0 Å². The van der Waals surface area contributed by atoms with Gasteiger partial charge in [0.25, 0.3) is 0 Å². The van der Waals surface area contributed by atoms with Crippen LogP contribution in [0.25, 0.3) is 0 Å². The lowest BCUT2D eigenvalue weighted by Gasteiger charge is -2.39. The largest absolute Gasteiger partial charge is 0.480 e. The van der Waals surface area contributed by atoms with Gasteiger partial charge in [-0.05, 0) is 59.5 Å². The lowest BCUT2D eigenvalue weighted by Crippen LogP contribution is -2.46. The normalized spacial score (nSPS) is 20.4. The fourth-order valence-electron chi connectivity index (χ4n) is 3.42. The molecule has 0 radical (unpaired) electrons. The van der Waals surface area contributed by atoms with Crippen molar-refractivity contribution in [3.63, 3.8) is 0 Å². The number of nitrogens with zero attached hydrogens (tertiary/aromatic N) is 1. The average Bonchev–Trinajstić information content (AvgIpc) is 3.09. The number of halogens is 3. The van der Waals surface area contributed by atoms with Gasteiger partial charge in [-0.25, -0.2) is 0 Å². The van der Waals surface area contributed by atoms with Crippen LogP contribution < -0.4 is 0 Å². The first-order chi connectivity index (χ1) is 11.9. The van der Waals surface area contributed by atoms with Crippen molar-refractivity contribution >= 4 is 17.3 Å². The van der Waals surface area contributed by atoms with E-state index < -0.39 is 29.8 Å². The summed E-state index contributed by atoms with van der Waals surface area (Å²) < 4.78 is 39.3. The second-order valence-corrected chi connectivity index (χ2v) is 6.95. The van der Waals surface area contributed by atoms with Crippen molar-refractivity contribution in [3.05, 3.63) is 57.8 Å². The maximum atomic E-state index is 13.1. The van der Waals surface area contributed by atoms with E-state index in [2.05, 4.69) is 0 Å². The Morgan fingerprint density at radius 2 is 2.04 bits per heavy atom. The number of piperidine rings is 1. The molecule has 2 unspecified atom stereocenters. The second kappa shape index (κ2) is 7.17. The maximum Gasteiger partial charge on any atom is 0.416 e. The molecular formula is C18H18F3NO2S.